The van der Waals surface area contributed by atoms with Crippen molar-refractivity contribution in [2.45, 2.75) is 19.4 Å². The monoisotopic (exact) mass is 307 g/mol. The van der Waals surface area contributed by atoms with Gasteiger partial charge in [-0.2, -0.15) is 0 Å². The number of nitro groups is 1. The lowest BCUT2D eigenvalue weighted by molar-refractivity contribution is -0.384. The van der Waals surface area contributed by atoms with E-state index in [9.17, 15) is 19.7 Å². The Bertz CT molecular complexity index is 572. The van der Waals surface area contributed by atoms with Crippen LogP contribution >= 0.6 is 0 Å². The largest absolute Gasteiger partial charge is 0.463 e. The number of non-ortho nitro benzene ring substituents is 1. The van der Waals surface area contributed by atoms with Gasteiger partial charge in [0.05, 0.1) is 11.3 Å². The molecule has 1 aromatic rings. The van der Waals surface area contributed by atoms with Gasteiger partial charge in [0, 0.05) is 24.4 Å². The van der Waals surface area contributed by atoms with Crippen molar-refractivity contribution < 1.29 is 19.2 Å². The normalized spacial score (nSPS) is 18.6. The third-order valence-corrected chi connectivity index (χ3v) is 3.48. The number of nitrogens with zero attached hydrogens (tertiary/aromatic N) is 2. The number of hydrogen-bond donors (Lipinski definition) is 1. The van der Waals surface area contributed by atoms with Crippen molar-refractivity contribution in [2.75, 3.05) is 25.0 Å². The average Bonchev–Trinajstić information content (AvgIpc) is 2.49. The van der Waals surface area contributed by atoms with Crippen LogP contribution in [0.5, 0.6) is 0 Å². The molecule has 0 unspecified atom stereocenters. The molecule has 0 spiro atoms. The van der Waals surface area contributed by atoms with E-state index >= 15 is 0 Å². The Morgan fingerprint density at radius 3 is 2.73 bits per heavy atom. The fraction of sp³-hybridized carbons (Fsp3) is 0.429. The zero-order valence-corrected chi connectivity index (χ0v) is 12.2. The van der Waals surface area contributed by atoms with Crippen LogP contribution in [0.25, 0.3) is 0 Å². The molecule has 1 aliphatic heterocycles. The second kappa shape index (κ2) is 6.99. The number of likely N-dealkylation sites (N-methyl/N-ethyl adjacent to an activating group) is 1. The van der Waals surface area contributed by atoms with E-state index < -0.39 is 16.9 Å². The molecule has 1 fully saturated rings. The minimum absolute atomic E-state index is 0.0103. The molecule has 0 bridgehead atoms. The van der Waals surface area contributed by atoms with Gasteiger partial charge >= 0.3 is 5.97 Å². The van der Waals surface area contributed by atoms with Gasteiger partial charge in [0.2, 0.25) is 5.91 Å². The van der Waals surface area contributed by atoms with Gasteiger partial charge in [0.25, 0.3) is 5.69 Å². The lowest BCUT2D eigenvalue weighted by Gasteiger charge is -2.32. The van der Waals surface area contributed by atoms with Gasteiger partial charge in [0.15, 0.2) is 0 Å². The Hall–Kier alpha value is -2.48. The zero-order valence-electron chi connectivity index (χ0n) is 12.2. The molecule has 0 aromatic heterocycles. The Balaban J connectivity index is 1.96. The second-order valence-electron chi connectivity index (χ2n) is 4.87. The van der Waals surface area contributed by atoms with Gasteiger partial charge in [-0.15, -0.1) is 0 Å². The Labute approximate surface area is 127 Å². The maximum absolute atomic E-state index is 12.0. The number of carbonyl (C=O) groups excluding carboxylic acids is 2. The summed E-state index contributed by atoms with van der Waals surface area (Å²) in [6, 6.07) is 4.93. The molecule has 0 aliphatic carbocycles. The third kappa shape index (κ3) is 3.79. The first kappa shape index (κ1) is 15.9. The number of carbonyl (C=O) groups is 2. The zero-order chi connectivity index (χ0) is 16.1. The molecule has 1 atom stereocenters. The summed E-state index contributed by atoms with van der Waals surface area (Å²) < 4.78 is 4.98. The summed E-state index contributed by atoms with van der Waals surface area (Å²) in [5.74, 6) is -0.733. The first-order chi connectivity index (χ1) is 10.5. The molecular formula is C14H17N3O5. The van der Waals surface area contributed by atoms with Crippen molar-refractivity contribution in [3.05, 3.63) is 34.4 Å². The Kier molecular flexibility index (Phi) is 5.05. The predicted molar refractivity (Wildman–Crippen MR) is 78.3 cm³/mol. The highest BCUT2D eigenvalue weighted by Crippen LogP contribution is 2.17. The highest BCUT2D eigenvalue weighted by molar-refractivity contribution is 5.94. The van der Waals surface area contributed by atoms with Crippen molar-refractivity contribution >= 4 is 23.3 Å². The van der Waals surface area contributed by atoms with Gasteiger partial charge in [-0.1, -0.05) is 6.92 Å². The molecule has 1 aromatic carbocycles. The minimum atomic E-state index is -0.586. The lowest BCUT2D eigenvalue weighted by Crippen LogP contribution is -2.50. The van der Waals surface area contributed by atoms with Crippen LogP contribution in [0.15, 0.2) is 24.3 Å². The van der Waals surface area contributed by atoms with E-state index in [-0.39, 0.29) is 18.0 Å². The van der Waals surface area contributed by atoms with E-state index in [4.69, 9.17) is 4.74 Å². The molecule has 0 saturated carbocycles. The first-order valence-electron chi connectivity index (χ1n) is 6.96. The fourth-order valence-electron chi connectivity index (χ4n) is 2.31. The van der Waals surface area contributed by atoms with Crippen LogP contribution in [0.3, 0.4) is 0 Å². The second-order valence-corrected chi connectivity index (χ2v) is 4.87. The summed E-state index contributed by atoms with van der Waals surface area (Å²) in [4.78, 5) is 35.7. The van der Waals surface area contributed by atoms with Crippen LogP contribution in [0, 0.1) is 10.1 Å². The number of rotatable bonds is 5. The molecule has 0 radical (unpaired) electrons. The van der Waals surface area contributed by atoms with Crippen LogP contribution in [0.1, 0.15) is 13.3 Å². The summed E-state index contributed by atoms with van der Waals surface area (Å²) >= 11 is 0. The summed E-state index contributed by atoms with van der Waals surface area (Å²) in [5.41, 5.74) is 0.397. The van der Waals surface area contributed by atoms with Crippen molar-refractivity contribution in [3.63, 3.8) is 0 Å². The minimum Gasteiger partial charge on any atom is -0.463 e. The molecule has 1 heterocycles. The smallest absolute Gasteiger partial charge is 0.323 e. The number of cyclic esters (lactones) is 1. The van der Waals surface area contributed by atoms with E-state index in [1.54, 1.807) is 0 Å². The fourth-order valence-corrected chi connectivity index (χ4v) is 2.31. The number of anilines is 1. The number of hydrogen-bond acceptors (Lipinski definition) is 6. The average molecular weight is 307 g/mol. The first-order valence-corrected chi connectivity index (χ1v) is 6.96. The Morgan fingerprint density at radius 1 is 1.45 bits per heavy atom. The molecule has 1 saturated heterocycles. The van der Waals surface area contributed by atoms with Gasteiger partial charge in [0.1, 0.15) is 12.6 Å². The molecule has 1 N–H and O–H groups in total. The molecular weight excluding hydrogens is 290 g/mol. The van der Waals surface area contributed by atoms with Crippen LogP contribution < -0.4 is 5.32 Å². The molecule has 8 nitrogen and oxygen atoms in total. The number of nitrogens with one attached hydrogen (secondary N) is 1. The quantitative estimate of drug-likeness (QED) is 0.498. The SMILES string of the molecule is CCN1CCOC(=O)[C@@H]1CC(=O)Nc1ccc([N+](=O)[O-])cc1. The number of morpholine rings is 1. The van der Waals surface area contributed by atoms with Crippen molar-refractivity contribution in [2.24, 2.45) is 0 Å². The molecule has 8 heteroatoms. The number of nitro benzene ring substituents is 1. The van der Waals surface area contributed by atoms with Crippen LogP contribution in [0.4, 0.5) is 11.4 Å². The van der Waals surface area contributed by atoms with Crippen molar-refractivity contribution in [1.82, 2.24) is 4.90 Å². The summed E-state index contributed by atoms with van der Waals surface area (Å²) in [6.07, 6.45) is -0.0103. The highest BCUT2D eigenvalue weighted by Gasteiger charge is 2.32. The van der Waals surface area contributed by atoms with Crippen LogP contribution in [-0.2, 0) is 14.3 Å². The van der Waals surface area contributed by atoms with E-state index in [2.05, 4.69) is 5.32 Å². The number of esters is 1. The number of amides is 1. The molecule has 118 valence electrons. The maximum atomic E-state index is 12.0. The van der Waals surface area contributed by atoms with E-state index in [0.717, 1.165) is 0 Å². The van der Waals surface area contributed by atoms with Gasteiger partial charge < -0.3 is 10.1 Å². The Morgan fingerprint density at radius 2 is 2.14 bits per heavy atom. The predicted octanol–water partition coefficient (Wildman–Crippen LogP) is 1.17. The van der Waals surface area contributed by atoms with Crippen LogP contribution in [-0.4, -0.2) is 47.4 Å². The topological polar surface area (TPSA) is 102 Å². The molecule has 1 amide bonds. The van der Waals surface area contributed by atoms with Gasteiger partial charge in [-0.05, 0) is 18.7 Å². The van der Waals surface area contributed by atoms with Gasteiger partial charge in [-0.25, -0.2) is 0 Å². The van der Waals surface area contributed by atoms with E-state index in [0.29, 0.717) is 25.4 Å². The maximum Gasteiger partial charge on any atom is 0.323 e. The number of ether oxygens (including phenoxy) is 1. The standard InChI is InChI=1S/C14H17N3O5/c1-2-16-7-8-22-14(19)12(16)9-13(18)15-10-3-5-11(6-4-10)17(20)21/h3-6,12H,2,7-9H2,1H3,(H,15,18)/t12-/m0/s1. The molecule has 22 heavy (non-hydrogen) atoms. The van der Waals surface area contributed by atoms with Crippen molar-refractivity contribution in [1.29, 1.82) is 0 Å². The van der Waals surface area contributed by atoms with Gasteiger partial charge in [-0.3, -0.25) is 24.6 Å². The highest BCUT2D eigenvalue weighted by atomic mass is 16.6. The van der Waals surface area contributed by atoms with Crippen LogP contribution in [0.2, 0.25) is 0 Å². The van der Waals surface area contributed by atoms with E-state index in [1.807, 2.05) is 11.8 Å². The summed E-state index contributed by atoms with van der Waals surface area (Å²) in [6.45, 7) is 3.52. The van der Waals surface area contributed by atoms with E-state index in [1.165, 1.54) is 24.3 Å². The lowest BCUT2D eigenvalue weighted by atomic mass is 10.1. The third-order valence-electron chi connectivity index (χ3n) is 3.48. The summed E-state index contributed by atoms with van der Waals surface area (Å²) in [5, 5.41) is 13.2. The summed E-state index contributed by atoms with van der Waals surface area (Å²) in [7, 11) is 0. The van der Waals surface area contributed by atoms with Crippen molar-refractivity contribution in [3.8, 4) is 0 Å². The number of benzene rings is 1. The molecule has 2 rings (SSSR count). The molecule has 1 aliphatic rings.